The van der Waals surface area contributed by atoms with Gasteiger partial charge in [0.1, 0.15) is 11.6 Å². The van der Waals surface area contributed by atoms with Crippen LogP contribution < -0.4 is 10.6 Å². The van der Waals surface area contributed by atoms with Crippen molar-refractivity contribution >= 4 is 5.91 Å². The van der Waals surface area contributed by atoms with Gasteiger partial charge in [-0.2, -0.15) is 0 Å². The molecule has 2 rings (SSSR count). The fourth-order valence-corrected chi connectivity index (χ4v) is 2.24. The lowest BCUT2D eigenvalue weighted by Crippen LogP contribution is -2.36. The highest BCUT2D eigenvalue weighted by Crippen LogP contribution is 2.12. The van der Waals surface area contributed by atoms with Crippen LogP contribution in [0.2, 0.25) is 0 Å². The molecule has 1 aromatic rings. The highest BCUT2D eigenvalue weighted by atomic mass is 19.1. The number of hydrogen-bond acceptors (Lipinski definition) is 2. The zero-order chi connectivity index (χ0) is 13.7. The van der Waals surface area contributed by atoms with Gasteiger partial charge in [0, 0.05) is 12.6 Å². The summed E-state index contributed by atoms with van der Waals surface area (Å²) in [5, 5.41) is 6.07. The Morgan fingerprint density at radius 3 is 2.74 bits per heavy atom. The van der Waals surface area contributed by atoms with Gasteiger partial charge in [-0.25, -0.2) is 8.78 Å². The standard InChI is InChI=1S/C14H18F2N2O/c15-12-2-1-11(13(16)8-12)7-14(19)18-9-10-3-5-17-6-4-10/h1-2,8,10,17H,3-7,9H2,(H,18,19). The third-order valence-electron chi connectivity index (χ3n) is 3.41. The minimum atomic E-state index is -0.669. The molecule has 0 bridgehead atoms. The predicted octanol–water partition coefficient (Wildman–Crippen LogP) is 1.62. The van der Waals surface area contributed by atoms with Crippen molar-refractivity contribution in [2.75, 3.05) is 19.6 Å². The molecule has 2 N–H and O–H groups in total. The number of halogens is 2. The molecule has 5 heteroatoms. The Bertz CT molecular complexity index is 445. The molecule has 0 unspecified atom stereocenters. The van der Waals surface area contributed by atoms with E-state index in [0.29, 0.717) is 12.5 Å². The number of piperidine rings is 1. The smallest absolute Gasteiger partial charge is 0.224 e. The van der Waals surface area contributed by atoms with Gasteiger partial charge in [0.25, 0.3) is 0 Å². The summed E-state index contributed by atoms with van der Waals surface area (Å²) in [5.74, 6) is -1.03. The summed E-state index contributed by atoms with van der Waals surface area (Å²) < 4.78 is 26.1. The Balaban J connectivity index is 1.80. The highest BCUT2D eigenvalue weighted by molar-refractivity contribution is 5.78. The SMILES string of the molecule is O=C(Cc1ccc(F)cc1F)NCC1CCNCC1. The second-order valence-electron chi connectivity index (χ2n) is 4.91. The maximum atomic E-state index is 13.4. The van der Waals surface area contributed by atoms with Gasteiger partial charge in [-0.05, 0) is 43.5 Å². The van der Waals surface area contributed by atoms with Gasteiger partial charge in [0.05, 0.1) is 6.42 Å². The number of rotatable bonds is 4. The molecule has 1 amide bonds. The normalized spacial score (nSPS) is 16.3. The Morgan fingerprint density at radius 2 is 2.05 bits per heavy atom. The lowest BCUT2D eigenvalue weighted by molar-refractivity contribution is -0.120. The summed E-state index contributed by atoms with van der Waals surface area (Å²) in [4.78, 5) is 11.7. The van der Waals surface area contributed by atoms with Crippen molar-refractivity contribution in [2.24, 2.45) is 5.92 Å². The summed E-state index contributed by atoms with van der Waals surface area (Å²) >= 11 is 0. The van der Waals surface area contributed by atoms with Crippen LogP contribution in [0.25, 0.3) is 0 Å². The molecule has 0 atom stereocenters. The van der Waals surface area contributed by atoms with Gasteiger partial charge in [0.15, 0.2) is 0 Å². The first-order chi connectivity index (χ1) is 9.15. The van der Waals surface area contributed by atoms with Crippen LogP contribution in [0, 0.1) is 17.6 Å². The summed E-state index contributed by atoms with van der Waals surface area (Å²) in [5.41, 5.74) is 0.226. The van der Waals surface area contributed by atoms with Gasteiger partial charge < -0.3 is 10.6 Å². The molecule has 0 aromatic heterocycles. The van der Waals surface area contributed by atoms with Gasteiger partial charge in [-0.1, -0.05) is 6.07 Å². The molecule has 1 heterocycles. The van der Waals surface area contributed by atoms with Crippen molar-refractivity contribution in [3.63, 3.8) is 0 Å². The average Bonchev–Trinajstić information content (AvgIpc) is 2.41. The van der Waals surface area contributed by atoms with Crippen LogP contribution in [0.5, 0.6) is 0 Å². The summed E-state index contributed by atoms with van der Waals surface area (Å²) in [6.45, 7) is 2.59. The molecule has 104 valence electrons. The number of benzene rings is 1. The Hall–Kier alpha value is -1.49. The van der Waals surface area contributed by atoms with E-state index in [0.717, 1.165) is 32.0 Å². The molecule has 3 nitrogen and oxygen atoms in total. The van der Waals surface area contributed by atoms with Crippen LogP contribution in [-0.4, -0.2) is 25.5 Å². The van der Waals surface area contributed by atoms with Crippen molar-refractivity contribution < 1.29 is 13.6 Å². The van der Waals surface area contributed by atoms with Gasteiger partial charge in [-0.15, -0.1) is 0 Å². The van der Waals surface area contributed by atoms with E-state index in [2.05, 4.69) is 10.6 Å². The fraction of sp³-hybridized carbons (Fsp3) is 0.500. The largest absolute Gasteiger partial charge is 0.356 e. The second kappa shape index (κ2) is 6.61. The van der Waals surface area contributed by atoms with E-state index in [4.69, 9.17) is 0 Å². The van der Waals surface area contributed by atoms with Crippen molar-refractivity contribution in [3.8, 4) is 0 Å². The Labute approximate surface area is 111 Å². The predicted molar refractivity (Wildman–Crippen MR) is 68.7 cm³/mol. The van der Waals surface area contributed by atoms with Crippen LogP contribution >= 0.6 is 0 Å². The molecular formula is C14H18F2N2O. The molecule has 0 aliphatic carbocycles. The van der Waals surface area contributed by atoms with E-state index in [1.165, 1.54) is 12.1 Å². The molecule has 1 aliphatic heterocycles. The van der Waals surface area contributed by atoms with Crippen molar-refractivity contribution in [1.29, 1.82) is 0 Å². The average molecular weight is 268 g/mol. The molecule has 1 saturated heterocycles. The molecule has 0 radical (unpaired) electrons. The third kappa shape index (κ3) is 4.28. The van der Waals surface area contributed by atoms with Crippen molar-refractivity contribution in [1.82, 2.24) is 10.6 Å². The lowest BCUT2D eigenvalue weighted by Gasteiger charge is -2.22. The topological polar surface area (TPSA) is 41.1 Å². The summed E-state index contributed by atoms with van der Waals surface area (Å²) in [6, 6.07) is 3.28. The number of amides is 1. The third-order valence-corrected chi connectivity index (χ3v) is 3.41. The van der Waals surface area contributed by atoms with Gasteiger partial charge >= 0.3 is 0 Å². The monoisotopic (exact) mass is 268 g/mol. The molecule has 1 fully saturated rings. The molecule has 1 aliphatic rings. The number of nitrogens with one attached hydrogen (secondary N) is 2. The van der Waals surface area contributed by atoms with E-state index in [1.54, 1.807) is 0 Å². The molecule has 0 saturated carbocycles. The zero-order valence-corrected chi connectivity index (χ0v) is 10.7. The highest BCUT2D eigenvalue weighted by Gasteiger charge is 2.14. The van der Waals surface area contributed by atoms with Gasteiger partial charge in [-0.3, -0.25) is 4.79 Å². The Kier molecular flexibility index (Phi) is 4.85. The van der Waals surface area contributed by atoms with E-state index in [9.17, 15) is 13.6 Å². The zero-order valence-electron chi connectivity index (χ0n) is 10.7. The minimum Gasteiger partial charge on any atom is -0.356 e. The lowest BCUT2D eigenvalue weighted by atomic mass is 9.98. The van der Waals surface area contributed by atoms with Crippen molar-refractivity contribution in [3.05, 3.63) is 35.4 Å². The van der Waals surface area contributed by atoms with Crippen molar-refractivity contribution in [2.45, 2.75) is 19.3 Å². The fourth-order valence-electron chi connectivity index (χ4n) is 2.24. The maximum absolute atomic E-state index is 13.4. The van der Waals surface area contributed by atoms with Gasteiger partial charge in [0.2, 0.25) is 5.91 Å². The van der Waals surface area contributed by atoms with E-state index >= 15 is 0 Å². The Morgan fingerprint density at radius 1 is 1.32 bits per heavy atom. The summed E-state index contributed by atoms with van der Waals surface area (Å²) in [6.07, 6.45) is 2.05. The molecule has 19 heavy (non-hydrogen) atoms. The van der Waals surface area contributed by atoms with Crippen LogP contribution in [0.15, 0.2) is 18.2 Å². The van der Waals surface area contributed by atoms with E-state index in [-0.39, 0.29) is 17.9 Å². The molecule has 0 spiro atoms. The first-order valence-electron chi connectivity index (χ1n) is 6.56. The van der Waals surface area contributed by atoms with E-state index < -0.39 is 11.6 Å². The van der Waals surface area contributed by atoms with Crippen LogP contribution in [0.1, 0.15) is 18.4 Å². The number of carbonyl (C=O) groups excluding carboxylic acids is 1. The molecular weight excluding hydrogens is 250 g/mol. The number of carbonyl (C=O) groups is 1. The molecule has 1 aromatic carbocycles. The number of hydrogen-bond donors (Lipinski definition) is 2. The van der Waals surface area contributed by atoms with E-state index in [1.807, 2.05) is 0 Å². The second-order valence-corrected chi connectivity index (χ2v) is 4.91. The van der Waals surface area contributed by atoms with Crippen LogP contribution in [0.4, 0.5) is 8.78 Å². The minimum absolute atomic E-state index is 0.0446. The quantitative estimate of drug-likeness (QED) is 0.871. The first-order valence-corrected chi connectivity index (χ1v) is 6.56. The van der Waals surface area contributed by atoms with Crippen LogP contribution in [-0.2, 0) is 11.2 Å². The maximum Gasteiger partial charge on any atom is 0.224 e. The first kappa shape index (κ1) is 13.9. The summed E-state index contributed by atoms with van der Waals surface area (Å²) in [7, 11) is 0. The van der Waals surface area contributed by atoms with Crippen LogP contribution in [0.3, 0.4) is 0 Å².